The first kappa shape index (κ1) is 31.1. The molecule has 2 N–H and O–H groups in total. The number of hydrogen-bond donors (Lipinski definition) is 2. The van der Waals surface area contributed by atoms with E-state index in [1.165, 1.54) is 0 Å². The number of hydrogen-bond acceptors (Lipinski definition) is 7. The average molecular weight is 575 g/mol. The minimum atomic E-state index is -0.860. The third-order valence-corrected chi connectivity index (χ3v) is 7.44. The van der Waals surface area contributed by atoms with Gasteiger partial charge in [-0.3, -0.25) is 9.59 Å². The SMILES string of the molecule is COc1ccc(C(=O)CCCCC(=O)NC(CN2CCCC2)C(O)c2ccc(OCCOc3ccccc3)cc2)cc1. The molecule has 1 saturated heterocycles. The summed E-state index contributed by atoms with van der Waals surface area (Å²) in [4.78, 5) is 27.6. The van der Waals surface area contributed by atoms with Crippen LogP contribution in [-0.2, 0) is 4.79 Å². The Balaban J connectivity index is 1.24. The fourth-order valence-corrected chi connectivity index (χ4v) is 5.07. The summed E-state index contributed by atoms with van der Waals surface area (Å²) in [5.41, 5.74) is 1.36. The van der Waals surface area contributed by atoms with Gasteiger partial charge in [0.05, 0.1) is 13.2 Å². The van der Waals surface area contributed by atoms with Crippen molar-refractivity contribution in [2.24, 2.45) is 0 Å². The Morgan fingerprint density at radius 1 is 0.810 bits per heavy atom. The molecule has 224 valence electrons. The van der Waals surface area contributed by atoms with Crippen molar-refractivity contribution in [2.45, 2.75) is 50.7 Å². The van der Waals surface area contributed by atoms with Gasteiger partial charge in [-0.15, -0.1) is 0 Å². The minimum Gasteiger partial charge on any atom is -0.497 e. The first-order valence-electron chi connectivity index (χ1n) is 14.8. The zero-order chi connectivity index (χ0) is 29.6. The summed E-state index contributed by atoms with van der Waals surface area (Å²) in [6.45, 7) is 3.33. The van der Waals surface area contributed by atoms with Crippen molar-refractivity contribution in [3.05, 3.63) is 90.0 Å². The van der Waals surface area contributed by atoms with E-state index < -0.39 is 12.1 Å². The summed E-state index contributed by atoms with van der Waals surface area (Å²) in [7, 11) is 1.59. The number of methoxy groups -OCH3 is 1. The highest BCUT2D eigenvalue weighted by molar-refractivity contribution is 5.96. The van der Waals surface area contributed by atoms with Gasteiger partial charge in [0.25, 0.3) is 0 Å². The molecule has 2 atom stereocenters. The van der Waals surface area contributed by atoms with Crippen molar-refractivity contribution in [1.82, 2.24) is 10.2 Å². The zero-order valence-corrected chi connectivity index (χ0v) is 24.4. The van der Waals surface area contributed by atoms with E-state index in [9.17, 15) is 14.7 Å². The molecule has 1 heterocycles. The van der Waals surface area contributed by atoms with Gasteiger partial charge in [-0.25, -0.2) is 0 Å². The maximum absolute atomic E-state index is 12.9. The molecule has 1 aliphatic heterocycles. The Morgan fingerprint density at radius 2 is 1.40 bits per heavy atom. The first-order valence-corrected chi connectivity index (χ1v) is 14.8. The lowest BCUT2D eigenvalue weighted by molar-refractivity contribution is -0.123. The predicted molar refractivity (Wildman–Crippen MR) is 162 cm³/mol. The van der Waals surface area contributed by atoms with Gasteiger partial charge < -0.3 is 29.5 Å². The number of amides is 1. The number of ketones is 1. The lowest BCUT2D eigenvalue weighted by atomic mass is 10.0. The molecule has 4 rings (SSSR count). The Bertz CT molecular complexity index is 1230. The summed E-state index contributed by atoms with van der Waals surface area (Å²) in [6, 6.07) is 23.6. The number of rotatable bonds is 17. The minimum absolute atomic E-state index is 0.0524. The highest BCUT2D eigenvalue weighted by Crippen LogP contribution is 2.23. The van der Waals surface area contributed by atoms with Crippen LogP contribution < -0.4 is 19.5 Å². The molecule has 3 aromatic carbocycles. The van der Waals surface area contributed by atoms with Crippen LogP contribution in [0.25, 0.3) is 0 Å². The fraction of sp³-hybridized carbons (Fsp3) is 0.412. The van der Waals surface area contributed by atoms with Gasteiger partial charge in [-0.2, -0.15) is 0 Å². The Kier molecular flexibility index (Phi) is 12.2. The molecule has 8 nitrogen and oxygen atoms in total. The first-order chi connectivity index (χ1) is 20.5. The van der Waals surface area contributed by atoms with Crippen LogP contribution in [-0.4, -0.2) is 67.7 Å². The molecule has 1 fully saturated rings. The number of carbonyl (C=O) groups excluding carboxylic acids is 2. The van der Waals surface area contributed by atoms with Gasteiger partial charge in [0.1, 0.15) is 36.6 Å². The van der Waals surface area contributed by atoms with Crippen LogP contribution in [0.15, 0.2) is 78.9 Å². The Hall–Kier alpha value is -3.88. The van der Waals surface area contributed by atoms with E-state index in [1.54, 1.807) is 31.4 Å². The number of Topliss-reactive ketones (excluding diaryl/α,β-unsaturated/α-hetero) is 1. The molecule has 1 aliphatic rings. The number of ether oxygens (including phenoxy) is 3. The number of aliphatic hydroxyl groups excluding tert-OH is 1. The number of nitrogens with zero attached hydrogens (tertiary/aromatic N) is 1. The lowest BCUT2D eigenvalue weighted by Crippen LogP contribution is -2.46. The number of aliphatic hydroxyl groups is 1. The van der Waals surface area contributed by atoms with Gasteiger partial charge in [-0.05, 0) is 92.9 Å². The van der Waals surface area contributed by atoms with Crippen LogP contribution in [0, 0.1) is 0 Å². The van der Waals surface area contributed by atoms with Crippen molar-refractivity contribution >= 4 is 11.7 Å². The summed E-state index contributed by atoms with van der Waals surface area (Å²) >= 11 is 0. The number of benzene rings is 3. The quantitative estimate of drug-likeness (QED) is 0.169. The average Bonchev–Trinajstić information content (AvgIpc) is 3.55. The molecule has 0 bridgehead atoms. The fourth-order valence-electron chi connectivity index (χ4n) is 5.07. The largest absolute Gasteiger partial charge is 0.497 e. The van der Waals surface area contributed by atoms with E-state index in [4.69, 9.17) is 14.2 Å². The summed E-state index contributed by atoms with van der Waals surface area (Å²) < 4.78 is 16.6. The van der Waals surface area contributed by atoms with Crippen molar-refractivity contribution in [3.8, 4) is 17.2 Å². The predicted octanol–water partition coefficient (Wildman–Crippen LogP) is 5.21. The van der Waals surface area contributed by atoms with Crippen LogP contribution in [0.5, 0.6) is 17.2 Å². The number of nitrogens with one attached hydrogen (secondary N) is 1. The molecular weight excluding hydrogens is 532 g/mol. The van der Waals surface area contributed by atoms with E-state index in [0.29, 0.717) is 62.5 Å². The normalized spacial score (nSPS) is 14.6. The summed E-state index contributed by atoms with van der Waals surface area (Å²) in [5, 5.41) is 14.3. The van der Waals surface area contributed by atoms with Crippen LogP contribution in [0.3, 0.4) is 0 Å². The molecule has 0 spiro atoms. The second-order valence-corrected chi connectivity index (χ2v) is 10.6. The van der Waals surface area contributed by atoms with Crippen LogP contribution in [0.4, 0.5) is 0 Å². The van der Waals surface area contributed by atoms with Gasteiger partial charge in [0, 0.05) is 24.9 Å². The van der Waals surface area contributed by atoms with E-state index in [0.717, 1.165) is 37.2 Å². The molecule has 42 heavy (non-hydrogen) atoms. The zero-order valence-electron chi connectivity index (χ0n) is 24.4. The van der Waals surface area contributed by atoms with Gasteiger partial charge in [0.2, 0.25) is 5.91 Å². The van der Waals surface area contributed by atoms with E-state index in [2.05, 4.69) is 10.2 Å². The Morgan fingerprint density at radius 3 is 2.05 bits per heavy atom. The van der Waals surface area contributed by atoms with E-state index >= 15 is 0 Å². The topological polar surface area (TPSA) is 97.3 Å². The molecule has 0 saturated carbocycles. The molecule has 8 heteroatoms. The van der Waals surface area contributed by atoms with E-state index in [1.807, 2.05) is 54.6 Å². The molecule has 2 unspecified atom stereocenters. The van der Waals surface area contributed by atoms with Crippen LogP contribution >= 0.6 is 0 Å². The maximum Gasteiger partial charge on any atom is 0.220 e. The standard InChI is InChI=1S/C34H42N2O6/c1-40-28-17-13-26(14-18-28)32(37)11-5-6-12-33(38)35-31(25-36-21-7-8-22-36)34(39)27-15-19-30(20-16-27)42-24-23-41-29-9-3-2-4-10-29/h2-4,9-10,13-20,31,34,39H,5-8,11-12,21-25H2,1H3,(H,35,38). The molecule has 0 aliphatic carbocycles. The molecule has 0 radical (unpaired) electrons. The maximum atomic E-state index is 12.9. The second kappa shape index (κ2) is 16.5. The second-order valence-electron chi connectivity index (χ2n) is 10.6. The summed E-state index contributed by atoms with van der Waals surface area (Å²) in [6.07, 6.45) is 3.29. The van der Waals surface area contributed by atoms with Crippen molar-refractivity contribution < 1.29 is 28.9 Å². The molecular formula is C34H42N2O6. The molecule has 3 aromatic rings. The van der Waals surface area contributed by atoms with Crippen LogP contribution in [0.1, 0.15) is 60.6 Å². The highest BCUT2D eigenvalue weighted by atomic mass is 16.5. The van der Waals surface area contributed by atoms with Gasteiger partial charge in [-0.1, -0.05) is 30.3 Å². The number of likely N-dealkylation sites (tertiary alicyclic amines) is 1. The van der Waals surface area contributed by atoms with Crippen molar-refractivity contribution in [1.29, 1.82) is 0 Å². The number of unbranched alkanes of at least 4 members (excludes halogenated alkanes) is 1. The van der Waals surface area contributed by atoms with Crippen molar-refractivity contribution in [2.75, 3.05) is 40.0 Å². The smallest absolute Gasteiger partial charge is 0.220 e. The third kappa shape index (κ3) is 9.89. The highest BCUT2D eigenvalue weighted by Gasteiger charge is 2.26. The monoisotopic (exact) mass is 574 g/mol. The van der Waals surface area contributed by atoms with E-state index in [-0.39, 0.29) is 11.7 Å². The van der Waals surface area contributed by atoms with Crippen LogP contribution in [0.2, 0.25) is 0 Å². The molecule has 0 aromatic heterocycles. The Labute approximate surface area is 248 Å². The van der Waals surface area contributed by atoms with Gasteiger partial charge in [0.15, 0.2) is 5.78 Å². The van der Waals surface area contributed by atoms with Gasteiger partial charge >= 0.3 is 0 Å². The number of carbonyl (C=O) groups is 2. The lowest BCUT2D eigenvalue weighted by Gasteiger charge is -2.29. The van der Waals surface area contributed by atoms with Crippen molar-refractivity contribution in [3.63, 3.8) is 0 Å². The molecule has 1 amide bonds. The number of para-hydroxylation sites is 1. The third-order valence-electron chi connectivity index (χ3n) is 7.44. The summed E-state index contributed by atoms with van der Waals surface area (Å²) in [5.74, 6) is 2.13.